The van der Waals surface area contributed by atoms with Gasteiger partial charge in [-0.1, -0.05) is 0 Å². The number of hydrogen-bond acceptors (Lipinski definition) is 8. The predicted octanol–water partition coefficient (Wildman–Crippen LogP) is -3.51. The molecule has 0 heterocycles. The van der Waals surface area contributed by atoms with Crippen molar-refractivity contribution in [2.24, 2.45) is 11.5 Å². The largest absolute Gasteiger partial charge is 0.480 e. The minimum atomic E-state index is -1.42. The molecule has 0 bridgehead atoms. The monoisotopic (exact) mass is 421 g/mol. The molecule has 0 saturated heterocycles. The van der Waals surface area contributed by atoms with E-state index in [9.17, 15) is 24.0 Å². The number of aliphatic hydroxyl groups excluding tert-OH is 1. The fraction of sp³-hybridized carbons (Fsp3) is 0.667. The van der Waals surface area contributed by atoms with Crippen LogP contribution in [-0.2, 0) is 24.0 Å². The van der Waals surface area contributed by atoms with E-state index in [1.54, 1.807) is 6.26 Å². The average Bonchev–Trinajstić information content (AvgIpc) is 2.62. The van der Waals surface area contributed by atoms with Gasteiger partial charge >= 0.3 is 5.97 Å². The second kappa shape index (κ2) is 12.9. The lowest BCUT2D eigenvalue weighted by molar-refractivity contribution is -0.142. The van der Waals surface area contributed by atoms with Crippen molar-refractivity contribution in [2.45, 2.75) is 43.9 Å². The number of nitrogens with one attached hydrogen (secondary N) is 3. The maximum absolute atomic E-state index is 12.5. The summed E-state index contributed by atoms with van der Waals surface area (Å²) in [6.45, 7) is 0.587. The van der Waals surface area contributed by atoms with Gasteiger partial charge in [-0.25, -0.2) is 0 Å². The number of nitrogens with two attached hydrogens (primary N) is 2. The fourth-order valence-corrected chi connectivity index (χ4v) is 2.40. The highest BCUT2D eigenvalue weighted by atomic mass is 32.2. The Morgan fingerprint density at radius 1 is 1.00 bits per heavy atom. The summed E-state index contributed by atoms with van der Waals surface area (Å²) in [6.07, 6.45) is 1.41. The first kappa shape index (κ1) is 25.6. The molecule has 4 amide bonds. The summed E-state index contributed by atoms with van der Waals surface area (Å²) in [5, 5.41) is 24.6. The number of primary amides is 1. The molecule has 28 heavy (non-hydrogen) atoms. The van der Waals surface area contributed by atoms with Crippen molar-refractivity contribution >= 4 is 41.4 Å². The number of carboxylic acid groups (broad SMARTS) is 1. The molecule has 0 aromatic carbocycles. The van der Waals surface area contributed by atoms with Gasteiger partial charge in [0.25, 0.3) is 0 Å². The van der Waals surface area contributed by atoms with Crippen molar-refractivity contribution in [1.82, 2.24) is 16.0 Å². The summed E-state index contributed by atoms with van der Waals surface area (Å²) in [7, 11) is 0. The average molecular weight is 421 g/mol. The predicted molar refractivity (Wildman–Crippen MR) is 101 cm³/mol. The summed E-state index contributed by atoms with van der Waals surface area (Å²) < 4.78 is 0. The van der Waals surface area contributed by atoms with Crippen LogP contribution < -0.4 is 27.4 Å². The Balaban J connectivity index is 5.26. The number of rotatable bonds is 13. The minimum absolute atomic E-state index is 0.188. The first-order valence-electron chi connectivity index (χ1n) is 8.31. The summed E-state index contributed by atoms with van der Waals surface area (Å²) in [5.74, 6) is -4.17. The lowest BCUT2D eigenvalue weighted by Crippen LogP contribution is -2.57. The Kier molecular flexibility index (Phi) is 11.8. The first-order valence-corrected chi connectivity index (χ1v) is 9.70. The van der Waals surface area contributed by atoms with Crippen LogP contribution in [0.4, 0.5) is 0 Å². The van der Waals surface area contributed by atoms with Crippen molar-refractivity contribution in [3.05, 3.63) is 0 Å². The van der Waals surface area contributed by atoms with E-state index in [1.165, 1.54) is 18.7 Å². The van der Waals surface area contributed by atoms with Crippen LogP contribution in [0.5, 0.6) is 0 Å². The van der Waals surface area contributed by atoms with Crippen LogP contribution in [0.3, 0.4) is 0 Å². The molecule has 13 heteroatoms. The zero-order valence-corrected chi connectivity index (χ0v) is 16.5. The Labute approximate surface area is 166 Å². The van der Waals surface area contributed by atoms with Gasteiger partial charge in [-0.2, -0.15) is 11.8 Å². The molecule has 0 aromatic rings. The molecule has 0 fully saturated rings. The van der Waals surface area contributed by atoms with Crippen molar-refractivity contribution in [2.75, 3.05) is 18.6 Å². The lowest BCUT2D eigenvalue weighted by Gasteiger charge is -2.24. The quantitative estimate of drug-likeness (QED) is 0.157. The smallest absolute Gasteiger partial charge is 0.325 e. The van der Waals surface area contributed by atoms with Crippen LogP contribution in [0, 0.1) is 0 Å². The summed E-state index contributed by atoms with van der Waals surface area (Å²) >= 11 is 1.41. The van der Waals surface area contributed by atoms with E-state index in [0.29, 0.717) is 5.75 Å². The highest BCUT2D eigenvalue weighted by Crippen LogP contribution is 2.03. The van der Waals surface area contributed by atoms with Gasteiger partial charge < -0.3 is 37.6 Å². The zero-order chi connectivity index (χ0) is 21.9. The van der Waals surface area contributed by atoms with Crippen molar-refractivity contribution in [1.29, 1.82) is 0 Å². The van der Waals surface area contributed by atoms with Crippen LogP contribution >= 0.6 is 11.8 Å². The number of carbonyl (C=O) groups is 5. The molecule has 0 radical (unpaired) electrons. The van der Waals surface area contributed by atoms with Gasteiger partial charge in [0.05, 0.1) is 13.0 Å². The molecule has 0 aliphatic carbocycles. The second-order valence-electron chi connectivity index (χ2n) is 5.93. The third-order valence-electron chi connectivity index (χ3n) is 3.54. The fourth-order valence-electron chi connectivity index (χ4n) is 1.92. The molecule has 0 saturated carbocycles. The number of carboxylic acids is 1. The molecule has 12 nitrogen and oxygen atoms in total. The molecule has 4 atom stereocenters. The van der Waals surface area contributed by atoms with E-state index < -0.39 is 66.8 Å². The number of aliphatic carboxylic acids is 1. The number of aliphatic hydroxyl groups is 1. The normalized spacial score (nSPS) is 14.9. The lowest BCUT2D eigenvalue weighted by atomic mass is 10.1. The highest BCUT2D eigenvalue weighted by molar-refractivity contribution is 7.98. The van der Waals surface area contributed by atoms with Crippen molar-refractivity contribution in [3.63, 3.8) is 0 Å². The molecule has 0 aromatic heterocycles. The molecule has 0 aliphatic rings. The van der Waals surface area contributed by atoms with Crippen LogP contribution in [0.25, 0.3) is 0 Å². The molecule has 0 rings (SSSR count). The van der Waals surface area contributed by atoms with Gasteiger partial charge in [-0.15, -0.1) is 0 Å². The second-order valence-corrected chi connectivity index (χ2v) is 6.92. The van der Waals surface area contributed by atoms with Crippen LogP contribution in [0.2, 0.25) is 0 Å². The van der Waals surface area contributed by atoms with Gasteiger partial charge in [-0.3, -0.25) is 24.0 Å². The zero-order valence-electron chi connectivity index (χ0n) is 15.6. The Bertz CT molecular complexity index is 589. The van der Waals surface area contributed by atoms with Crippen LogP contribution in [0.1, 0.15) is 19.8 Å². The van der Waals surface area contributed by atoms with Crippen molar-refractivity contribution < 1.29 is 34.2 Å². The van der Waals surface area contributed by atoms with Gasteiger partial charge in [0.15, 0.2) is 0 Å². The molecule has 9 N–H and O–H groups in total. The van der Waals surface area contributed by atoms with Crippen molar-refractivity contribution in [3.8, 4) is 0 Å². The molecule has 4 unspecified atom stereocenters. The number of carbonyl (C=O) groups excluding carboxylic acids is 4. The van der Waals surface area contributed by atoms with Gasteiger partial charge in [0.1, 0.15) is 24.2 Å². The summed E-state index contributed by atoms with van der Waals surface area (Å²) in [5.41, 5.74) is 10.5. The number of hydrogen-bond donors (Lipinski definition) is 7. The van der Waals surface area contributed by atoms with E-state index in [4.69, 9.17) is 21.7 Å². The summed E-state index contributed by atoms with van der Waals surface area (Å²) in [4.78, 5) is 58.7. The number of amides is 4. The number of thioether (sulfide) groups is 1. The Hall–Kier alpha value is -2.38. The van der Waals surface area contributed by atoms with Crippen LogP contribution in [-0.4, -0.2) is 82.6 Å². The third kappa shape index (κ3) is 9.53. The topological polar surface area (TPSA) is 214 Å². The summed E-state index contributed by atoms with van der Waals surface area (Å²) in [6, 6.07) is -5.00. The third-order valence-corrected chi connectivity index (χ3v) is 4.19. The molecular weight excluding hydrogens is 394 g/mol. The highest BCUT2D eigenvalue weighted by Gasteiger charge is 2.30. The first-order chi connectivity index (χ1) is 13.0. The molecular formula is C15H27N5O7S. The standard InChI is InChI=1S/C15H27N5O7S/c1-7(15(26)27)18-14(25)10(5-11(17)22)20-13(24)9(3-4-28-2)19-12(23)8(16)6-21/h7-10,21H,3-6,16H2,1-2H3,(H2,17,22)(H,18,25)(H,19,23)(H,20,24)(H,26,27). The molecule has 160 valence electrons. The molecule has 0 aliphatic heterocycles. The van der Waals surface area contributed by atoms with E-state index >= 15 is 0 Å². The minimum Gasteiger partial charge on any atom is -0.480 e. The van der Waals surface area contributed by atoms with E-state index in [1.807, 2.05) is 0 Å². The molecule has 0 spiro atoms. The van der Waals surface area contributed by atoms with Gasteiger partial charge in [-0.05, 0) is 25.4 Å². The van der Waals surface area contributed by atoms with Gasteiger partial charge in [0, 0.05) is 0 Å². The maximum Gasteiger partial charge on any atom is 0.325 e. The SMILES string of the molecule is CSCCC(NC(=O)C(N)CO)C(=O)NC(CC(N)=O)C(=O)NC(C)C(=O)O. The van der Waals surface area contributed by atoms with E-state index in [2.05, 4.69) is 16.0 Å². The van der Waals surface area contributed by atoms with Crippen LogP contribution in [0.15, 0.2) is 0 Å². The Morgan fingerprint density at radius 2 is 1.54 bits per heavy atom. The van der Waals surface area contributed by atoms with Gasteiger partial charge in [0.2, 0.25) is 23.6 Å². The Morgan fingerprint density at radius 3 is 2.00 bits per heavy atom. The van der Waals surface area contributed by atoms with E-state index in [-0.39, 0.29) is 6.42 Å². The van der Waals surface area contributed by atoms with E-state index in [0.717, 1.165) is 0 Å². The maximum atomic E-state index is 12.5.